The lowest BCUT2D eigenvalue weighted by atomic mass is 9.76. The summed E-state index contributed by atoms with van der Waals surface area (Å²) in [5, 5.41) is 3.79. The van der Waals surface area contributed by atoms with Crippen LogP contribution in [0.4, 0.5) is 0 Å². The summed E-state index contributed by atoms with van der Waals surface area (Å²) >= 11 is 0. The van der Waals surface area contributed by atoms with Crippen molar-refractivity contribution < 1.29 is 0 Å². The Morgan fingerprint density at radius 3 is 2.55 bits per heavy atom. The summed E-state index contributed by atoms with van der Waals surface area (Å²) in [5.41, 5.74) is 3.21. The van der Waals surface area contributed by atoms with E-state index >= 15 is 0 Å². The van der Waals surface area contributed by atoms with E-state index in [-0.39, 0.29) is 0 Å². The fraction of sp³-hybridized carbons (Fsp3) is 0.684. The topological polar surface area (TPSA) is 12.0 Å². The van der Waals surface area contributed by atoms with Crippen LogP contribution in [0.5, 0.6) is 0 Å². The van der Waals surface area contributed by atoms with Gasteiger partial charge in [0.1, 0.15) is 0 Å². The monoisotopic (exact) mass is 273 g/mol. The fourth-order valence-corrected chi connectivity index (χ4v) is 3.20. The minimum absolute atomic E-state index is 0.568. The average molecular weight is 273 g/mol. The molecule has 1 heteroatoms. The molecule has 1 N–H and O–H groups in total. The zero-order valence-corrected chi connectivity index (χ0v) is 13.3. The van der Waals surface area contributed by atoms with Gasteiger partial charge < -0.3 is 5.32 Å². The summed E-state index contributed by atoms with van der Waals surface area (Å²) in [5.74, 6) is 0.836. The van der Waals surface area contributed by atoms with E-state index in [1.807, 2.05) is 0 Å². The molecule has 112 valence electrons. The molecule has 0 saturated heterocycles. The molecule has 0 spiro atoms. The van der Waals surface area contributed by atoms with Gasteiger partial charge in [-0.1, -0.05) is 63.8 Å². The second-order valence-corrected chi connectivity index (χ2v) is 6.26. The summed E-state index contributed by atoms with van der Waals surface area (Å²) in [6.07, 6.45) is 10.7. The maximum absolute atomic E-state index is 3.79. The molecule has 0 radical (unpaired) electrons. The predicted molar refractivity (Wildman–Crippen MR) is 88.2 cm³/mol. The van der Waals surface area contributed by atoms with Crippen molar-refractivity contribution in [2.24, 2.45) is 0 Å². The van der Waals surface area contributed by atoms with Crippen molar-refractivity contribution in [2.45, 2.75) is 77.2 Å². The Labute approximate surface area is 125 Å². The second-order valence-electron chi connectivity index (χ2n) is 6.26. The van der Waals surface area contributed by atoms with Crippen LogP contribution in [-0.2, 0) is 0 Å². The number of benzene rings is 1. The smallest absolute Gasteiger partial charge is 0.0323 e. The molecule has 1 saturated carbocycles. The second kappa shape index (κ2) is 8.46. The van der Waals surface area contributed by atoms with Crippen LogP contribution in [0.2, 0.25) is 0 Å². The Balaban J connectivity index is 2.09. The predicted octanol–water partition coefficient (Wildman–Crippen LogP) is 5.58. The van der Waals surface area contributed by atoms with E-state index in [4.69, 9.17) is 0 Å². The minimum Gasteiger partial charge on any atom is -0.310 e. The Morgan fingerprint density at radius 2 is 1.90 bits per heavy atom. The molecule has 1 unspecified atom stereocenters. The fourth-order valence-electron chi connectivity index (χ4n) is 3.20. The molecular weight excluding hydrogens is 242 g/mol. The van der Waals surface area contributed by atoms with Crippen LogP contribution in [0.25, 0.3) is 0 Å². The SMILES string of the molecule is CCCCCC(NCCC)c1ccccc1C1CCC1. The van der Waals surface area contributed by atoms with Gasteiger partial charge in [-0.2, -0.15) is 0 Å². The number of hydrogen-bond acceptors (Lipinski definition) is 1. The zero-order chi connectivity index (χ0) is 14.2. The van der Waals surface area contributed by atoms with Crippen LogP contribution in [0.1, 0.15) is 88.3 Å². The number of unbranched alkanes of at least 4 members (excludes halogenated alkanes) is 2. The van der Waals surface area contributed by atoms with Crippen molar-refractivity contribution in [3.8, 4) is 0 Å². The van der Waals surface area contributed by atoms with Gasteiger partial charge in [0.2, 0.25) is 0 Å². The molecule has 1 aromatic rings. The molecule has 1 atom stereocenters. The Hall–Kier alpha value is -0.820. The van der Waals surface area contributed by atoms with Crippen LogP contribution in [0.3, 0.4) is 0 Å². The standard InChI is InChI=1S/C19H31N/c1-3-5-6-14-19(20-15-4-2)18-13-8-7-12-17(18)16-10-9-11-16/h7-8,12-13,16,19-20H,3-6,9-11,14-15H2,1-2H3. The normalized spacial score (nSPS) is 16.9. The lowest BCUT2D eigenvalue weighted by Crippen LogP contribution is -2.24. The van der Waals surface area contributed by atoms with Gasteiger partial charge in [0.15, 0.2) is 0 Å². The molecular formula is C19H31N. The van der Waals surface area contributed by atoms with Crippen molar-refractivity contribution in [2.75, 3.05) is 6.54 Å². The zero-order valence-electron chi connectivity index (χ0n) is 13.3. The molecule has 0 aliphatic heterocycles. The maximum atomic E-state index is 3.79. The van der Waals surface area contributed by atoms with Gasteiger partial charge in [-0.15, -0.1) is 0 Å². The first-order valence-corrected chi connectivity index (χ1v) is 8.69. The van der Waals surface area contributed by atoms with Gasteiger partial charge in [0.05, 0.1) is 0 Å². The Kier molecular flexibility index (Phi) is 6.59. The summed E-state index contributed by atoms with van der Waals surface area (Å²) < 4.78 is 0. The first-order chi connectivity index (χ1) is 9.86. The van der Waals surface area contributed by atoms with Crippen LogP contribution >= 0.6 is 0 Å². The highest BCUT2D eigenvalue weighted by Gasteiger charge is 2.24. The first kappa shape index (κ1) is 15.6. The Bertz CT molecular complexity index is 381. The van der Waals surface area contributed by atoms with Crippen molar-refractivity contribution in [1.29, 1.82) is 0 Å². The van der Waals surface area contributed by atoms with E-state index in [9.17, 15) is 0 Å². The number of hydrogen-bond donors (Lipinski definition) is 1. The van der Waals surface area contributed by atoms with Gasteiger partial charge in [-0.25, -0.2) is 0 Å². The van der Waals surface area contributed by atoms with E-state index in [0.717, 1.165) is 12.5 Å². The third-order valence-electron chi connectivity index (χ3n) is 4.65. The highest BCUT2D eigenvalue weighted by molar-refractivity contribution is 5.34. The average Bonchev–Trinajstić information content (AvgIpc) is 2.42. The molecule has 0 amide bonds. The van der Waals surface area contributed by atoms with Crippen LogP contribution < -0.4 is 5.32 Å². The molecule has 1 aromatic carbocycles. The van der Waals surface area contributed by atoms with Crippen molar-refractivity contribution in [3.05, 3.63) is 35.4 Å². The Morgan fingerprint density at radius 1 is 1.10 bits per heavy atom. The summed E-state index contributed by atoms with van der Waals surface area (Å²) in [6, 6.07) is 9.75. The molecule has 0 aromatic heterocycles. The highest BCUT2D eigenvalue weighted by atomic mass is 14.9. The molecule has 0 bridgehead atoms. The third-order valence-corrected chi connectivity index (χ3v) is 4.65. The van der Waals surface area contributed by atoms with Crippen molar-refractivity contribution in [3.63, 3.8) is 0 Å². The molecule has 1 aliphatic carbocycles. The number of nitrogens with one attached hydrogen (secondary N) is 1. The third kappa shape index (κ3) is 4.09. The van der Waals surface area contributed by atoms with Crippen LogP contribution in [0.15, 0.2) is 24.3 Å². The lowest BCUT2D eigenvalue weighted by molar-refractivity contribution is 0.406. The summed E-state index contributed by atoms with van der Waals surface area (Å²) in [7, 11) is 0. The lowest BCUT2D eigenvalue weighted by Gasteiger charge is -2.31. The van der Waals surface area contributed by atoms with Crippen molar-refractivity contribution >= 4 is 0 Å². The maximum Gasteiger partial charge on any atom is 0.0323 e. The largest absolute Gasteiger partial charge is 0.310 e. The summed E-state index contributed by atoms with van der Waals surface area (Å²) in [4.78, 5) is 0. The first-order valence-electron chi connectivity index (χ1n) is 8.69. The van der Waals surface area contributed by atoms with E-state index < -0.39 is 0 Å². The van der Waals surface area contributed by atoms with Gasteiger partial charge in [0.25, 0.3) is 0 Å². The van der Waals surface area contributed by atoms with Gasteiger partial charge >= 0.3 is 0 Å². The van der Waals surface area contributed by atoms with Crippen LogP contribution in [-0.4, -0.2) is 6.54 Å². The molecule has 1 nitrogen and oxygen atoms in total. The number of rotatable bonds is 9. The van der Waals surface area contributed by atoms with E-state index in [2.05, 4.69) is 43.4 Å². The molecule has 20 heavy (non-hydrogen) atoms. The van der Waals surface area contributed by atoms with E-state index in [1.165, 1.54) is 51.4 Å². The quantitative estimate of drug-likeness (QED) is 0.579. The highest BCUT2D eigenvalue weighted by Crippen LogP contribution is 2.40. The molecule has 1 aliphatic rings. The van der Waals surface area contributed by atoms with Gasteiger partial charge in [-0.05, 0) is 49.3 Å². The van der Waals surface area contributed by atoms with Crippen molar-refractivity contribution in [1.82, 2.24) is 5.32 Å². The minimum atomic E-state index is 0.568. The van der Waals surface area contributed by atoms with E-state index in [0.29, 0.717) is 6.04 Å². The van der Waals surface area contributed by atoms with Gasteiger partial charge in [0, 0.05) is 6.04 Å². The molecule has 2 rings (SSSR count). The molecule has 0 heterocycles. The van der Waals surface area contributed by atoms with Gasteiger partial charge in [-0.3, -0.25) is 0 Å². The van der Waals surface area contributed by atoms with Crippen LogP contribution in [0, 0.1) is 0 Å². The van der Waals surface area contributed by atoms with E-state index in [1.54, 1.807) is 11.1 Å². The molecule has 1 fully saturated rings. The summed E-state index contributed by atoms with van der Waals surface area (Å²) in [6.45, 7) is 5.68.